The standard InChI is InChI=1S/C16H23N3O2/c1-2-17-15-13-7-6-11(9-14(13)18-16(15)21)19-8-4-3-5-12(19)10-20/h6-7,9,12,15,17,20H,2-5,8,10H2,1H3,(H,18,21). The fourth-order valence-corrected chi connectivity index (χ4v) is 3.37. The van der Waals surface area contributed by atoms with E-state index < -0.39 is 0 Å². The fraction of sp³-hybridized carbons (Fsp3) is 0.562. The molecule has 5 nitrogen and oxygen atoms in total. The highest BCUT2D eigenvalue weighted by Crippen LogP contribution is 2.35. The molecule has 1 aromatic rings. The van der Waals surface area contributed by atoms with E-state index in [9.17, 15) is 9.90 Å². The van der Waals surface area contributed by atoms with Crippen molar-refractivity contribution in [3.05, 3.63) is 23.8 Å². The first-order valence-electron chi connectivity index (χ1n) is 7.80. The summed E-state index contributed by atoms with van der Waals surface area (Å²) in [6, 6.07) is 6.09. The molecule has 5 heteroatoms. The van der Waals surface area contributed by atoms with Crippen LogP contribution in [0.4, 0.5) is 11.4 Å². The second kappa shape index (κ2) is 6.03. The first-order chi connectivity index (χ1) is 10.2. The summed E-state index contributed by atoms with van der Waals surface area (Å²) in [6.07, 6.45) is 3.35. The number of nitrogens with one attached hydrogen (secondary N) is 2. The number of hydrogen-bond acceptors (Lipinski definition) is 4. The van der Waals surface area contributed by atoms with E-state index in [1.807, 2.05) is 19.1 Å². The Hall–Kier alpha value is -1.59. The highest BCUT2D eigenvalue weighted by Gasteiger charge is 2.31. The second-order valence-electron chi connectivity index (χ2n) is 5.78. The van der Waals surface area contributed by atoms with Crippen LogP contribution in [0.25, 0.3) is 0 Å². The van der Waals surface area contributed by atoms with Crippen molar-refractivity contribution < 1.29 is 9.90 Å². The summed E-state index contributed by atoms with van der Waals surface area (Å²) in [6.45, 7) is 3.91. The molecule has 1 amide bonds. The molecular formula is C16H23N3O2. The van der Waals surface area contributed by atoms with Crippen molar-refractivity contribution in [2.45, 2.75) is 38.3 Å². The van der Waals surface area contributed by atoms with E-state index in [1.165, 1.54) is 6.42 Å². The third kappa shape index (κ3) is 2.63. The zero-order chi connectivity index (χ0) is 14.8. The highest BCUT2D eigenvalue weighted by molar-refractivity contribution is 6.03. The van der Waals surface area contributed by atoms with Gasteiger partial charge in [-0.15, -0.1) is 0 Å². The van der Waals surface area contributed by atoms with E-state index in [2.05, 4.69) is 21.6 Å². The van der Waals surface area contributed by atoms with Gasteiger partial charge in [-0.05, 0) is 37.9 Å². The molecule has 0 aromatic heterocycles. The summed E-state index contributed by atoms with van der Waals surface area (Å²) in [5, 5.41) is 15.7. The van der Waals surface area contributed by atoms with Gasteiger partial charge in [-0.3, -0.25) is 4.79 Å². The van der Waals surface area contributed by atoms with E-state index >= 15 is 0 Å². The predicted molar refractivity (Wildman–Crippen MR) is 83.6 cm³/mol. The Kier molecular flexibility index (Phi) is 4.12. The molecule has 0 radical (unpaired) electrons. The highest BCUT2D eigenvalue weighted by atomic mass is 16.3. The summed E-state index contributed by atoms with van der Waals surface area (Å²) in [7, 11) is 0. The van der Waals surface area contributed by atoms with Crippen LogP contribution in [0.3, 0.4) is 0 Å². The summed E-state index contributed by atoms with van der Waals surface area (Å²) in [5.74, 6) is 0.0151. The molecule has 2 unspecified atom stereocenters. The first-order valence-corrected chi connectivity index (χ1v) is 7.80. The van der Waals surface area contributed by atoms with Crippen molar-refractivity contribution in [2.75, 3.05) is 29.9 Å². The molecule has 21 heavy (non-hydrogen) atoms. The lowest BCUT2D eigenvalue weighted by atomic mass is 10.0. The number of amides is 1. The molecule has 0 spiro atoms. The summed E-state index contributed by atoms with van der Waals surface area (Å²) >= 11 is 0. The van der Waals surface area contributed by atoms with Gasteiger partial charge < -0.3 is 20.6 Å². The second-order valence-corrected chi connectivity index (χ2v) is 5.78. The number of nitrogens with zero attached hydrogens (tertiary/aromatic N) is 1. The average molecular weight is 289 g/mol. The molecule has 2 atom stereocenters. The van der Waals surface area contributed by atoms with Crippen molar-refractivity contribution in [3.8, 4) is 0 Å². The zero-order valence-electron chi connectivity index (χ0n) is 12.4. The summed E-state index contributed by atoms with van der Waals surface area (Å²) < 4.78 is 0. The minimum absolute atomic E-state index is 0.0151. The molecule has 2 aliphatic rings. The van der Waals surface area contributed by atoms with E-state index in [1.54, 1.807) is 0 Å². The number of carbonyl (C=O) groups is 1. The van der Waals surface area contributed by atoms with Crippen LogP contribution in [0, 0.1) is 0 Å². The molecule has 2 aliphatic heterocycles. The number of carbonyl (C=O) groups excluding carboxylic acids is 1. The summed E-state index contributed by atoms with van der Waals surface area (Å²) in [4.78, 5) is 14.3. The van der Waals surface area contributed by atoms with Crippen molar-refractivity contribution in [3.63, 3.8) is 0 Å². The maximum absolute atomic E-state index is 12.0. The van der Waals surface area contributed by atoms with Gasteiger partial charge in [0.15, 0.2) is 0 Å². The average Bonchev–Trinajstić information content (AvgIpc) is 2.83. The molecular weight excluding hydrogens is 266 g/mol. The molecule has 0 aliphatic carbocycles. The Morgan fingerprint density at radius 1 is 1.43 bits per heavy atom. The number of rotatable bonds is 4. The van der Waals surface area contributed by atoms with Crippen LogP contribution in [0.15, 0.2) is 18.2 Å². The molecule has 3 rings (SSSR count). The van der Waals surface area contributed by atoms with Gasteiger partial charge in [0, 0.05) is 23.5 Å². The molecule has 2 heterocycles. The number of piperidine rings is 1. The predicted octanol–water partition coefficient (Wildman–Crippen LogP) is 1.64. The Bertz CT molecular complexity index is 532. The first kappa shape index (κ1) is 14.4. The fourth-order valence-electron chi connectivity index (χ4n) is 3.37. The van der Waals surface area contributed by atoms with Crippen molar-refractivity contribution in [1.82, 2.24) is 5.32 Å². The maximum Gasteiger partial charge on any atom is 0.246 e. The Morgan fingerprint density at radius 2 is 2.29 bits per heavy atom. The van der Waals surface area contributed by atoms with Gasteiger partial charge in [-0.25, -0.2) is 0 Å². The van der Waals surface area contributed by atoms with E-state index in [0.717, 1.165) is 42.9 Å². The largest absolute Gasteiger partial charge is 0.394 e. The lowest BCUT2D eigenvalue weighted by molar-refractivity contribution is -0.117. The third-order valence-electron chi connectivity index (χ3n) is 4.45. The van der Waals surface area contributed by atoms with Crippen LogP contribution in [0.2, 0.25) is 0 Å². The molecule has 0 saturated carbocycles. The Balaban J connectivity index is 1.87. The van der Waals surface area contributed by atoms with E-state index in [-0.39, 0.29) is 24.6 Å². The van der Waals surface area contributed by atoms with Gasteiger partial charge in [-0.1, -0.05) is 13.0 Å². The minimum Gasteiger partial charge on any atom is -0.394 e. The van der Waals surface area contributed by atoms with Crippen LogP contribution < -0.4 is 15.5 Å². The molecule has 1 aromatic carbocycles. The van der Waals surface area contributed by atoms with Gasteiger partial charge in [0.25, 0.3) is 0 Å². The molecule has 3 N–H and O–H groups in total. The van der Waals surface area contributed by atoms with Gasteiger partial charge in [-0.2, -0.15) is 0 Å². The lowest BCUT2D eigenvalue weighted by Crippen LogP contribution is -2.41. The van der Waals surface area contributed by atoms with Crippen LogP contribution in [0.1, 0.15) is 37.8 Å². The SMILES string of the molecule is CCNC1C(=O)Nc2cc(N3CCCCC3CO)ccc21. The smallest absolute Gasteiger partial charge is 0.246 e. The number of fused-ring (bicyclic) bond motifs is 1. The van der Waals surface area contributed by atoms with Gasteiger partial charge in [0.2, 0.25) is 5.91 Å². The number of hydrogen-bond donors (Lipinski definition) is 3. The molecule has 1 fully saturated rings. The monoisotopic (exact) mass is 289 g/mol. The van der Waals surface area contributed by atoms with Crippen molar-refractivity contribution >= 4 is 17.3 Å². The van der Waals surface area contributed by atoms with Crippen LogP contribution in [-0.2, 0) is 4.79 Å². The molecule has 0 bridgehead atoms. The third-order valence-corrected chi connectivity index (χ3v) is 4.45. The normalized spacial score (nSPS) is 24.9. The minimum atomic E-state index is -0.242. The Labute approximate surface area is 125 Å². The van der Waals surface area contributed by atoms with E-state index in [0.29, 0.717) is 0 Å². The van der Waals surface area contributed by atoms with Gasteiger partial charge in [0.05, 0.1) is 12.6 Å². The number of benzene rings is 1. The van der Waals surface area contributed by atoms with Crippen LogP contribution >= 0.6 is 0 Å². The van der Waals surface area contributed by atoms with Crippen LogP contribution in [-0.4, -0.2) is 36.8 Å². The van der Waals surface area contributed by atoms with Gasteiger partial charge in [0.1, 0.15) is 6.04 Å². The maximum atomic E-state index is 12.0. The van der Waals surface area contributed by atoms with Gasteiger partial charge >= 0.3 is 0 Å². The summed E-state index contributed by atoms with van der Waals surface area (Å²) in [5.41, 5.74) is 3.00. The van der Waals surface area contributed by atoms with Crippen LogP contribution in [0.5, 0.6) is 0 Å². The number of aliphatic hydroxyl groups is 1. The van der Waals surface area contributed by atoms with E-state index in [4.69, 9.17) is 0 Å². The number of anilines is 2. The zero-order valence-corrected chi connectivity index (χ0v) is 12.4. The quantitative estimate of drug-likeness (QED) is 0.788. The van der Waals surface area contributed by atoms with Crippen molar-refractivity contribution in [2.24, 2.45) is 0 Å². The lowest BCUT2D eigenvalue weighted by Gasteiger charge is -2.36. The molecule has 1 saturated heterocycles. The Morgan fingerprint density at radius 3 is 3.05 bits per heavy atom. The molecule has 114 valence electrons. The van der Waals surface area contributed by atoms with Crippen molar-refractivity contribution in [1.29, 1.82) is 0 Å². The number of aliphatic hydroxyl groups excluding tert-OH is 1. The topological polar surface area (TPSA) is 64.6 Å². The number of likely N-dealkylation sites (N-methyl/N-ethyl adjacent to an activating group) is 1.